The third-order valence-corrected chi connectivity index (χ3v) is 9.17. The van der Waals surface area contributed by atoms with Crippen LogP contribution in [0.2, 0.25) is 5.02 Å². The molecule has 0 unspecified atom stereocenters. The summed E-state index contributed by atoms with van der Waals surface area (Å²) in [6.45, 7) is 4.90. The molecule has 1 aliphatic rings. The third kappa shape index (κ3) is 6.77. The maximum absolute atomic E-state index is 12.8. The second-order valence-electron chi connectivity index (χ2n) is 9.85. The third-order valence-electron chi connectivity index (χ3n) is 7.58. The van der Waals surface area contributed by atoms with Gasteiger partial charge in [0.15, 0.2) is 0 Å². The molecule has 1 saturated heterocycles. The van der Waals surface area contributed by atoms with Gasteiger partial charge < -0.3 is 9.64 Å². The van der Waals surface area contributed by atoms with Crippen molar-refractivity contribution in [3.8, 4) is 5.75 Å². The van der Waals surface area contributed by atoms with Crippen LogP contribution in [0.3, 0.4) is 0 Å². The molecule has 0 aliphatic carbocycles. The number of rotatable bonds is 11. The largest absolute Gasteiger partial charge is 0.497 e. The number of pyridine rings is 1. The van der Waals surface area contributed by atoms with Gasteiger partial charge in [-0.1, -0.05) is 29.8 Å². The predicted octanol–water partition coefficient (Wildman–Crippen LogP) is 6.30. The normalized spacial score (nSPS) is 15.6. The Balaban J connectivity index is 1.32. The van der Waals surface area contributed by atoms with Gasteiger partial charge in [-0.25, -0.2) is 5.48 Å². The number of carbonyl (C=O) groups excluding carboxylic acids is 1. The molecular formula is C29H36ClN3O3S. The number of hydrogen-bond donors (Lipinski definition) is 2. The minimum atomic E-state index is -0.561. The summed E-state index contributed by atoms with van der Waals surface area (Å²) < 4.78 is 5.39. The number of fused-ring (bicyclic) bond motifs is 1. The van der Waals surface area contributed by atoms with Crippen molar-refractivity contribution >= 4 is 40.2 Å². The van der Waals surface area contributed by atoms with E-state index < -0.39 is 5.41 Å². The average molecular weight is 542 g/mol. The molecule has 1 aromatic heterocycles. The molecular weight excluding hydrogens is 506 g/mol. The van der Waals surface area contributed by atoms with Gasteiger partial charge in [0.25, 0.3) is 0 Å². The molecule has 3 aromatic rings. The maximum Gasteiger partial charge on any atom is 0.249 e. The van der Waals surface area contributed by atoms with Crippen LogP contribution < -0.4 is 10.2 Å². The lowest BCUT2D eigenvalue weighted by Crippen LogP contribution is -2.48. The Bertz CT molecular complexity index is 1210. The number of piperidine rings is 1. The minimum Gasteiger partial charge on any atom is -0.497 e. The highest BCUT2D eigenvalue weighted by atomic mass is 35.5. The molecule has 0 bridgehead atoms. The minimum absolute atomic E-state index is 0.269. The van der Waals surface area contributed by atoms with Gasteiger partial charge in [-0.2, -0.15) is 0 Å². The molecule has 0 saturated carbocycles. The van der Waals surface area contributed by atoms with Crippen molar-refractivity contribution in [1.82, 2.24) is 15.4 Å². The van der Waals surface area contributed by atoms with Crippen molar-refractivity contribution < 1.29 is 14.7 Å². The van der Waals surface area contributed by atoms with Gasteiger partial charge in [-0.3, -0.25) is 15.0 Å². The van der Waals surface area contributed by atoms with Crippen molar-refractivity contribution in [2.75, 3.05) is 32.5 Å². The lowest BCUT2D eigenvalue weighted by Gasteiger charge is -2.40. The van der Waals surface area contributed by atoms with Gasteiger partial charge in [0.1, 0.15) is 5.75 Å². The van der Waals surface area contributed by atoms with Gasteiger partial charge in [-0.15, -0.1) is 11.8 Å². The fourth-order valence-corrected chi connectivity index (χ4v) is 6.50. The number of aromatic nitrogens is 1. The van der Waals surface area contributed by atoms with Crippen LogP contribution in [-0.2, 0) is 11.2 Å². The lowest BCUT2D eigenvalue weighted by molar-refractivity contribution is -0.143. The van der Waals surface area contributed by atoms with Crippen LogP contribution in [0.25, 0.3) is 10.9 Å². The number of halogens is 1. The molecule has 37 heavy (non-hydrogen) atoms. The van der Waals surface area contributed by atoms with Crippen LogP contribution >= 0.6 is 23.4 Å². The van der Waals surface area contributed by atoms with Crippen molar-refractivity contribution in [1.29, 1.82) is 0 Å². The van der Waals surface area contributed by atoms with E-state index in [1.807, 2.05) is 35.4 Å². The number of methoxy groups -OCH3 is 1. The second-order valence-corrected chi connectivity index (χ2v) is 11.4. The van der Waals surface area contributed by atoms with Crippen LogP contribution in [0.1, 0.15) is 43.2 Å². The van der Waals surface area contributed by atoms with Crippen LogP contribution in [0.15, 0.2) is 53.6 Å². The van der Waals surface area contributed by atoms with E-state index in [4.69, 9.17) is 16.3 Å². The molecule has 0 atom stereocenters. The van der Waals surface area contributed by atoms with E-state index in [2.05, 4.69) is 41.1 Å². The monoisotopic (exact) mass is 541 g/mol. The van der Waals surface area contributed by atoms with Crippen LogP contribution in [0.5, 0.6) is 5.75 Å². The summed E-state index contributed by atoms with van der Waals surface area (Å²) in [5.74, 6) is 1.57. The molecule has 8 heteroatoms. The molecule has 1 fully saturated rings. The van der Waals surface area contributed by atoms with E-state index in [1.165, 1.54) is 10.5 Å². The average Bonchev–Trinajstić information content (AvgIpc) is 2.93. The standard InChI is InChI=1S/C29H36ClN3O3S/c1-21-7-3-4-9-27(21)37-18-6-15-33-16-13-29(14-17-33,28(34)32-35)12-5-8-23-24-19-22(36-2)10-11-26(24)31-20-25(23)30/h3-4,7,9-11,19-20,35H,5-6,8,12-18H2,1-2H3,(H,32,34). The lowest BCUT2D eigenvalue weighted by atomic mass is 9.73. The molecule has 1 amide bonds. The first kappa shape index (κ1) is 27.7. The van der Waals surface area contributed by atoms with Crippen LogP contribution in [0, 0.1) is 12.3 Å². The fourth-order valence-electron chi connectivity index (χ4n) is 5.29. The van der Waals surface area contributed by atoms with Crippen molar-refractivity contribution in [2.45, 2.75) is 50.3 Å². The zero-order valence-corrected chi connectivity index (χ0v) is 23.2. The summed E-state index contributed by atoms with van der Waals surface area (Å²) in [5, 5.41) is 11.1. The smallest absolute Gasteiger partial charge is 0.249 e. The zero-order valence-electron chi connectivity index (χ0n) is 21.6. The van der Waals surface area contributed by atoms with Crippen LogP contribution in [-0.4, -0.2) is 53.5 Å². The van der Waals surface area contributed by atoms with Gasteiger partial charge in [-0.05, 0) is 106 Å². The molecule has 2 aromatic carbocycles. The summed E-state index contributed by atoms with van der Waals surface area (Å²) in [5.41, 5.74) is 4.61. The molecule has 198 valence electrons. The van der Waals surface area contributed by atoms with Crippen LogP contribution in [0.4, 0.5) is 0 Å². The number of hydroxylamine groups is 1. The first-order valence-electron chi connectivity index (χ1n) is 12.9. The van der Waals surface area contributed by atoms with E-state index in [0.29, 0.717) is 11.4 Å². The van der Waals surface area contributed by atoms with E-state index in [1.54, 1.807) is 13.3 Å². The van der Waals surface area contributed by atoms with Crippen molar-refractivity contribution in [3.63, 3.8) is 0 Å². The summed E-state index contributed by atoms with van der Waals surface area (Å²) >= 11 is 8.45. The molecule has 4 rings (SSSR count). The van der Waals surface area contributed by atoms with E-state index in [-0.39, 0.29) is 5.91 Å². The first-order chi connectivity index (χ1) is 18.0. The molecule has 2 N–H and O–H groups in total. The molecule has 6 nitrogen and oxygen atoms in total. The number of aryl methyl sites for hydroxylation is 2. The quantitative estimate of drug-likeness (QED) is 0.128. The topological polar surface area (TPSA) is 74.7 Å². The number of benzene rings is 2. The Morgan fingerprint density at radius 3 is 2.73 bits per heavy atom. The van der Waals surface area contributed by atoms with E-state index >= 15 is 0 Å². The Morgan fingerprint density at radius 2 is 2.00 bits per heavy atom. The number of carbonyl (C=O) groups is 1. The van der Waals surface area contributed by atoms with Gasteiger partial charge in [0.2, 0.25) is 5.91 Å². The number of amides is 1. The second kappa shape index (κ2) is 13.0. The SMILES string of the molecule is COc1ccc2ncc(Cl)c(CCCC3(C(=O)NO)CCN(CCCSc4ccccc4C)CC3)c2c1. The Hall–Kier alpha value is -2.32. The summed E-state index contributed by atoms with van der Waals surface area (Å²) in [4.78, 5) is 21.0. The number of thioether (sulfide) groups is 1. The highest BCUT2D eigenvalue weighted by molar-refractivity contribution is 7.99. The van der Waals surface area contributed by atoms with Crippen molar-refractivity contribution in [3.05, 3.63) is 64.8 Å². The molecule has 0 spiro atoms. The summed E-state index contributed by atoms with van der Waals surface area (Å²) in [6.07, 6.45) is 6.49. The highest BCUT2D eigenvalue weighted by Crippen LogP contribution is 2.38. The Morgan fingerprint density at radius 1 is 1.22 bits per heavy atom. The Kier molecular flexibility index (Phi) is 9.71. The summed E-state index contributed by atoms with van der Waals surface area (Å²) in [6, 6.07) is 14.3. The molecule has 1 aliphatic heterocycles. The number of hydrogen-bond acceptors (Lipinski definition) is 6. The predicted molar refractivity (Wildman–Crippen MR) is 151 cm³/mol. The van der Waals surface area contributed by atoms with Gasteiger partial charge in [0.05, 0.1) is 23.1 Å². The summed E-state index contributed by atoms with van der Waals surface area (Å²) in [7, 11) is 1.64. The number of ether oxygens (including phenoxy) is 1. The zero-order chi connectivity index (χ0) is 26.3. The van der Waals surface area contributed by atoms with E-state index in [0.717, 1.165) is 79.7 Å². The Labute approximate surface area is 228 Å². The van der Waals surface area contributed by atoms with Gasteiger partial charge in [0, 0.05) is 16.5 Å². The number of nitrogens with zero attached hydrogens (tertiary/aromatic N) is 2. The molecule has 2 heterocycles. The molecule has 0 radical (unpaired) electrons. The highest BCUT2D eigenvalue weighted by Gasteiger charge is 2.40. The van der Waals surface area contributed by atoms with Crippen molar-refractivity contribution in [2.24, 2.45) is 5.41 Å². The fraction of sp³-hybridized carbons (Fsp3) is 0.448. The maximum atomic E-state index is 12.8. The number of likely N-dealkylation sites (tertiary alicyclic amines) is 1. The van der Waals surface area contributed by atoms with E-state index in [9.17, 15) is 10.0 Å². The first-order valence-corrected chi connectivity index (χ1v) is 14.3. The number of nitrogens with one attached hydrogen (secondary N) is 1. The van der Waals surface area contributed by atoms with Gasteiger partial charge >= 0.3 is 0 Å².